The monoisotopic (exact) mass is 263 g/mol. The fourth-order valence-electron chi connectivity index (χ4n) is 2.60. The molecular formula is C17H29NO. The molecule has 0 amide bonds. The lowest BCUT2D eigenvalue weighted by atomic mass is 9.92. The van der Waals surface area contributed by atoms with Crippen molar-refractivity contribution in [3.63, 3.8) is 0 Å². The van der Waals surface area contributed by atoms with Crippen LogP contribution < -0.4 is 5.32 Å². The van der Waals surface area contributed by atoms with Crippen LogP contribution in [-0.2, 0) is 4.74 Å². The first-order chi connectivity index (χ1) is 9.04. The zero-order chi connectivity index (χ0) is 14.4. The SMILES string of the molecule is CCCNC(c1cc(C)c(C)cc1C)C(CC)OC. The van der Waals surface area contributed by atoms with Crippen LogP contribution in [0.4, 0.5) is 0 Å². The molecule has 1 aromatic rings. The summed E-state index contributed by atoms with van der Waals surface area (Å²) in [7, 11) is 1.81. The first kappa shape index (κ1) is 16.2. The smallest absolute Gasteiger partial charge is 0.0763 e. The van der Waals surface area contributed by atoms with Crippen LogP contribution in [0.25, 0.3) is 0 Å². The van der Waals surface area contributed by atoms with Gasteiger partial charge in [0.1, 0.15) is 0 Å². The van der Waals surface area contributed by atoms with Gasteiger partial charge in [0.15, 0.2) is 0 Å². The predicted octanol–water partition coefficient (Wildman–Crippen LogP) is 4.08. The Hall–Kier alpha value is -0.860. The minimum Gasteiger partial charge on any atom is -0.379 e. The van der Waals surface area contributed by atoms with Gasteiger partial charge in [0.05, 0.1) is 12.1 Å². The lowest BCUT2D eigenvalue weighted by Gasteiger charge is -2.28. The van der Waals surface area contributed by atoms with Gasteiger partial charge in [0.2, 0.25) is 0 Å². The minimum absolute atomic E-state index is 0.229. The van der Waals surface area contributed by atoms with Crippen molar-refractivity contribution < 1.29 is 4.74 Å². The molecule has 0 spiro atoms. The molecule has 0 bridgehead atoms. The van der Waals surface area contributed by atoms with Gasteiger partial charge < -0.3 is 10.1 Å². The third kappa shape index (κ3) is 4.05. The summed E-state index contributed by atoms with van der Waals surface area (Å²) in [5.74, 6) is 0. The molecule has 2 atom stereocenters. The first-order valence-electron chi connectivity index (χ1n) is 7.39. The standard InChI is InChI=1S/C17H29NO/c1-7-9-18-17(16(8-2)19-6)15-11-13(4)12(3)10-14(15)5/h10-11,16-18H,7-9H2,1-6H3. The van der Waals surface area contributed by atoms with Gasteiger partial charge in [-0.2, -0.15) is 0 Å². The van der Waals surface area contributed by atoms with E-state index >= 15 is 0 Å². The normalized spacial score (nSPS) is 14.4. The van der Waals surface area contributed by atoms with Crippen molar-refractivity contribution in [1.82, 2.24) is 5.32 Å². The van der Waals surface area contributed by atoms with E-state index in [0.717, 1.165) is 19.4 Å². The molecular weight excluding hydrogens is 234 g/mol. The Bertz CT molecular complexity index is 396. The molecule has 0 aliphatic carbocycles. The molecule has 19 heavy (non-hydrogen) atoms. The lowest BCUT2D eigenvalue weighted by molar-refractivity contribution is 0.0648. The van der Waals surface area contributed by atoms with E-state index in [1.54, 1.807) is 0 Å². The molecule has 0 saturated heterocycles. The summed E-state index contributed by atoms with van der Waals surface area (Å²) in [5, 5.41) is 3.65. The van der Waals surface area contributed by atoms with Crippen molar-refractivity contribution in [2.45, 2.75) is 59.6 Å². The minimum atomic E-state index is 0.229. The topological polar surface area (TPSA) is 21.3 Å². The van der Waals surface area contributed by atoms with Crippen molar-refractivity contribution in [2.24, 2.45) is 0 Å². The van der Waals surface area contributed by atoms with Crippen LogP contribution in [0.3, 0.4) is 0 Å². The van der Waals surface area contributed by atoms with Crippen LogP contribution >= 0.6 is 0 Å². The molecule has 2 heteroatoms. The van der Waals surface area contributed by atoms with E-state index in [4.69, 9.17) is 4.74 Å². The Kier molecular flexibility index (Phi) is 6.53. The van der Waals surface area contributed by atoms with E-state index < -0.39 is 0 Å². The fourth-order valence-corrected chi connectivity index (χ4v) is 2.60. The Balaban J connectivity index is 3.12. The second kappa shape index (κ2) is 7.66. The van der Waals surface area contributed by atoms with Gasteiger partial charge in [-0.1, -0.05) is 26.0 Å². The third-order valence-corrected chi connectivity index (χ3v) is 3.91. The Morgan fingerprint density at radius 2 is 1.68 bits per heavy atom. The van der Waals surface area contributed by atoms with E-state index in [-0.39, 0.29) is 12.1 Å². The maximum absolute atomic E-state index is 5.68. The van der Waals surface area contributed by atoms with E-state index in [1.165, 1.54) is 22.3 Å². The zero-order valence-corrected chi connectivity index (χ0v) is 13.3. The zero-order valence-electron chi connectivity index (χ0n) is 13.3. The average molecular weight is 263 g/mol. The van der Waals surface area contributed by atoms with E-state index in [2.05, 4.69) is 52.1 Å². The van der Waals surface area contributed by atoms with Gasteiger partial charge in [0, 0.05) is 7.11 Å². The van der Waals surface area contributed by atoms with Gasteiger partial charge in [0.25, 0.3) is 0 Å². The fraction of sp³-hybridized carbons (Fsp3) is 0.647. The largest absolute Gasteiger partial charge is 0.379 e. The summed E-state index contributed by atoms with van der Waals surface area (Å²) < 4.78 is 5.68. The van der Waals surface area contributed by atoms with Gasteiger partial charge in [-0.3, -0.25) is 0 Å². The number of aryl methyl sites for hydroxylation is 3. The highest BCUT2D eigenvalue weighted by Crippen LogP contribution is 2.27. The number of benzene rings is 1. The van der Waals surface area contributed by atoms with E-state index in [0.29, 0.717) is 0 Å². The predicted molar refractivity (Wildman–Crippen MR) is 82.8 cm³/mol. The molecule has 0 heterocycles. The maximum Gasteiger partial charge on any atom is 0.0763 e. The number of ether oxygens (including phenoxy) is 1. The first-order valence-corrected chi connectivity index (χ1v) is 7.39. The van der Waals surface area contributed by atoms with Gasteiger partial charge in [-0.25, -0.2) is 0 Å². The van der Waals surface area contributed by atoms with Crippen LogP contribution in [0.15, 0.2) is 12.1 Å². The van der Waals surface area contributed by atoms with Crippen molar-refractivity contribution >= 4 is 0 Å². The highest BCUT2D eigenvalue weighted by Gasteiger charge is 2.22. The van der Waals surface area contributed by atoms with Gasteiger partial charge in [-0.15, -0.1) is 0 Å². The van der Waals surface area contributed by atoms with Crippen LogP contribution in [-0.4, -0.2) is 19.8 Å². The van der Waals surface area contributed by atoms with Gasteiger partial charge in [-0.05, 0) is 62.4 Å². The van der Waals surface area contributed by atoms with E-state index in [1.807, 2.05) is 7.11 Å². The third-order valence-electron chi connectivity index (χ3n) is 3.91. The number of rotatable bonds is 7. The maximum atomic E-state index is 5.68. The molecule has 0 radical (unpaired) electrons. The summed E-state index contributed by atoms with van der Waals surface area (Å²) in [6.07, 6.45) is 2.39. The van der Waals surface area contributed by atoms with Gasteiger partial charge >= 0.3 is 0 Å². The summed E-state index contributed by atoms with van der Waals surface area (Å²) in [4.78, 5) is 0. The Morgan fingerprint density at radius 3 is 2.21 bits per heavy atom. The summed E-state index contributed by atoms with van der Waals surface area (Å²) in [6, 6.07) is 4.89. The molecule has 0 aliphatic heterocycles. The molecule has 1 aromatic carbocycles. The van der Waals surface area contributed by atoms with E-state index in [9.17, 15) is 0 Å². The second-order valence-electron chi connectivity index (χ2n) is 5.41. The Labute approximate surface area is 118 Å². The molecule has 2 unspecified atom stereocenters. The average Bonchev–Trinajstić information content (AvgIpc) is 2.39. The molecule has 1 N–H and O–H groups in total. The molecule has 108 valence electrons. The van der Waals surface area contributed by atoms with Crippen LogP contribution in [0.1, 0.15) is 55.0 Å². The number of hydrogen-bond donors (Lipinski definition) is 1. The number of hydrogen-bond acceptors (Lipinski definition) is 2. The van der Waals surface area contributed by atoms with Crippen molar-refractivity contribution in [1.29, 1.82) is 0 Å². The molecule has 0 aromatic heterocycles. The van der Waals surface area contributed by atoms with Crippen molar-refractivity contribution in [3.05, 3.63) is 34.4 Å². The molecule has 0 fully saturated rings. The summed E-state index contributed by atoms with van der Waals surface area (Å²) >= 11 is 0. The molecule has 2 nitrogen and oxygen atoms in total. The van der Waals surface area contributed by atoms with Crippen molar-refractivity contribution in [2.75, 3.05) is 13.7 Å². The summed E-state index contributed by atoms with van der Waals surface area (Å²) in [5.41, 5.74) is 5.45. The van der Waals surface area contributed by atoms with Crippen molar-refractivity contribution in [3.8, 4) is 0 Å². The van der Waals surface area contributed by atoms with Crippen LogP contribution in [0.2, 0.25) is 0 Å². The van der Waals surface area contributed by atoms with Crippen LogP contribution in [0.5, 0.6) is 0 Å². The number of nitrogens with one attached hydrogen (secondary N) is 1. The highest BCUT2D eigenvalue weighted by molar-refractivity contribution is 5.38. The Morgan fingerprint density at radius 1 is 1.05 bits per heavy atom. The number of methoxy groups -OCH3 is 1. The second-order valence-corrected chi connectivity index (χ2v) is 5.41. The molecule has 1 rings (SSSR count). The lowest BCUT2D eigenvalue weighted by Crippen LogP contribution is -2.34. The molecule has 0 saturated carbocycles. The molecule has 0 aliphatic rings. The quantitative estimate of drug-likeness (QED) is 0.800. The van der Waals surface area contributed by atoms with Crippen LogP contribution in [0, 0.1) is 20.8 Å². The highest BCUT2D eigenvalue weighted by atomic mass is 16.5. The summed E-state index contributed by atoms with van der Waals surface area (Å²) in [6.45, 7) is 12.0.